The van der Waals surface area contributed by atoms with Gasteiger partial charge in [0.15, 0.2) is 0 Å². The van der Waals surface area contributed by atoms with Crippen LogP contribution in [0.25, 0.3) is 5.69 Å². The normalized spacial score (nSPS) is 14.8. The predicted molar refractivity (Wildman–Crippen MR) is 126 cm³/mol. The molecule has 1 unspecified atom stereocenters. The second-order valence-electron chi connectivity index (χ2n) is 8.03. The largest absolute Gasteiger partial charge is 0.497 e. The zero-order valence-electron chi connectivity index (χ0n) is 18.2. The molecule has 0 saturated carbocycles. The first-order valence-electron chi connectivity index (χ1n) is 10.7. The Morgan fingerprint density at radius 2 is 1.78 bits per heavy atom. The van der Waals surface area contributed by atoms with Gasteiger partial charge in [0.1, 0.15) is 5.75 Å². The Balaban J connectivity index is 1.62. The van der Waals surface area contributed by atoms with E-state index in [0.717, 1.165) is 39.5 Å². The van der Waals surface area contributed by atoms with Crippen molar-refractivity contribution in [1.29, 1.82) is 0 Å². The Labute approximate surface area is 187 Å². The van der Waals surface area contributed by atoms with E-state index in [1.54, 1.807) is 7.11 Å². The molecule has 5 rings (SSSR count). The lowest BCUT2D eigenvalue weighted by molar-refractivity contribution is 0.194. The predicted octanol–water partition coefficient (Wildman–Crippen LogP) is 5.93. The minimum Gasteiger partial charge on any atom is -0.497 e. The maximum Gasteiger partial charge on any atom is 0.322 e. The van der Waals surface area contributed by atoms with Crippen molar-refractivity contribution in [1.82, 2.24) is 9.47 Å². The number of carbonyl (C=O) groups excluding carboxylic acids is 1. The summed E-state index contributed by atoms with van der Waals surface area (Å²) < 4.78 is 7.54. The van der Waals surface area contributed by atoms with Gasteiger partial charge in [-0.15, -0.1) is 0 Å². The van der Waals surface area contributed by atoms with Crippen molar-refractivity contribution >= 4 is 11.7 Å². The minimum absolute atomic E-state index is 0.138. The SMILES string of the molecule is COc1ccc(C2c3cccn3-c3ccccc3CN2C(=O)Nc2cccc(C)c2)cc1. The number of anilines is 1. The number of benzene rings is 3. The van der Waals surface area contributed by atoms with Gasteiger partial charge in [-0.2, -0.15) is 0 Å². The van der Waals surface area contributed by atoms with E-state index in [0.29, 0.717) is 6.54 Å². The first-order valence-corrected chi connectivity index (χ1v) is 10.7. The van der Waals surface area contributed by atoms with Crippen LogP contribution in [0.5, 0.6) is 5.75 Å². The standard InChI is InChI=1S/C27H25N3O2/c1-19-7-5-9-22(17-19)28-27(31)30-18-21-8-3-4-10-24(21)29-16-6-11-25(29)26(30)20-12-14-23(32-2)15-13-20/h3-17,26H,18H2,1-2H3,(H,28,31). The van der Waals surface area contributed by atoms with Gasteiger partial charge in [-0.3, -0.25) is 0 Å². The number of nitrogens with zero attached hydrogens (tertiary/aromatic N) is 2. The van der Waals surface area contributed by atoms with Crippen molar-refractivity contribution in [2.24, 2.45) is 0 Å². The number of hydrogen-bond donors (Lipinski definition) is 1. The Bertz CT molecular complexity index is 1260. The van der Waals surface area contributed by atoms with Crippen LogP contribution in [0.4, 0.5) is 10.5 Å². The van der Waals surface area contributed by atoms with Gasteiger partial charge < -0.3 is 19.5 Å². The number of amides is 2. The second kappa shape index (κ2) is 8.27. The Morgan fingerprint density at radius 3 is 2.56 bits per heavy atom. The molecule has 0 bridgehead atoms. The molecule has 0 spiro atoms. The van der Waals surface area contributed by atoms with Crippen LogP contribution >= 0.6 is 0 Å². The van der Waals surface area contributed by atoms with E-state index in [9.17, 15) is 4.79 Å². The highest BCUT2D eigenvalue weighted by Crippen LogP contribution is 2.37. The van der Waals surface area contributed by atoms with Crippen molar-refractivity contribution < 1.29 is 9.53 Å². The molecule has 1 atom stereocenters. The fourth-order valence-electron chi connectivity index (χ4n) is 4.39. The van der Waals surface area contributed by atoms with E-state index in [1.807, 2.05) is 78.6 Å². The highest BCUT2D eigenvalue weighted by molar-refractivity contribution is 5.90. The topological polar surface area (TPSA) is 46.5 Å². The van der Waals surface area contributed by atoms with Gasteiger partial charge in [-0.1, -0.05) is 42.5 Å². The second-order valence-corrected chi connectivity index (χ2v) is 8.03. The Hall–Kier alpha value is -3.99. The van der Waals surface area contributed by atoms with Crippen molar-refractivity contribution in [2.75, 3.05) is 12.4 Å². The summed E-state index contributed by atoms with van der Waals surface area (Å²) in [4.78, 5) is 15.6. The zero-order chi connectivity index (χ0) is 22.1. The molecule has 0 radical (unpaired) electrons. The molecule has 1 aliphatic rings. The summed E-state index contributed by atoms with van der Waals surface area (Å²) in [5.74, 6) is 0.789. The molecule has 2 amide bonds. The number of aryl methyl sites for hydroxylation is 1. The molecule has 5 nitrogen and oxygen atoms in total. The number of methoxy groups -OCH3 is 1. The molecule has 0 aliphatic carbocycles. The fourth-order valence-corrected chi connectivity index (χ4v) is 4.39. The third kappa shape index (κ3) is 3.62. The molecule has 2 heterocycles. The van der Waals surface area contributed by atoms with Gasteiger partial charge in [0.2, 0.25) is 0 Å². The number of urea groups is 1. The smallest absolute Gasteiger partial charge is 0.322 e. The number of ether oxygens (including phenoxy) is 1. The van der Waals surface area contributed by atoms with E-state index >= 15 is 0 Å². The first kappa shape index (κ1) is 19.9. The van der Waals surface area contributed by atoms with Gasteiger partial charge in [0.05, 0.1) is 25.4 Å². The maximum absolute atomic E-state index is 13.7. The van der Waals surface area contributed by atoms with Crippen LogP contribution in [-0.4, -0.2) is 22.6 Å². The third-order valence-corrected chi connectivity index (χ3v) is 5.93. The van der Waals surface area contributed by atoms with Gasteiger partial charge in [0, 0.05) is 17.6 Å². The zero-order valence-corrected chi connectivity index (χ0v) is 18.2. The van der Waals surface area contributed by atoms with E-state index in [4.69, 9.17) is 4.74 Å². The van der Waals surface area contributed by atoms with Crippen molar-refractivity contribution in [2.45, 2.75) is 19.5 Å². The molecule has 0 saturated heterocycles. The summed E-state index contributed by atoms with van der Waals surface area (Å²) in [6, 6.07) is 27.8. The molecule has 1 N–H and O–H groups in total. The molecule has 0 fully saturated rings. The van der Waals surface area contributed by atoms with Crippen LogP contribution in [-0.2, 0) is 6.54 Å². The summed E-state index contributed by atoms with van der Waals surface area (Å²) in [6.07, 6.45) is 2.06. The number of fused-ring (bicyclic) bond motifs is 3. The molecule has 1 aliphatic heterocycles. The van der Waals surface area contributed by atoms with Crippen molar-refractivity contribution in [3.8, 4) is 11.4 Å². The third-order valence-electron chi connectivity index (χ3n) is 5.93. The lowest BCUT2D eigenvalue weighted by Gasteiger charge is -2.31. The maximum atomic E-state index is 13.7. The highest BCUT2D eigenvalue weighted by Gasteiger charge is 2.33. The van der Waals surface area contributed by atoms with E-state index in [1.165, 1.54) is 0 Å². The summed E-state index contributed by atoms with van der Waals surface area (Å²) in [5, 5.41) is 3.11. The number of rotatable bonds is 3. The summed E-state index contributed by atoms with van der Waals surface area (Å²) in [5.41, 5.74) is 6.15. The molecule has 3 aromatic carbocycles. The van der Waals surface area contributed by atoms with Crippen molar-refractivity contribution in [3.63, 3.8) is 0 Å². The number of carbonyl (C=O) groups is 1. The highest BCUT2D eigenvalue weighted by atomic mass is 16.5. The van der Waals surface area contributed by atoms with Crippen molar-refractivity contribution in [3.05, 3.63) is 114 Å². The first-order chi connectivity index (χ1) is 15.6. The van der Waals surface area contributed by atoms with Gasteiger partial charge in [0.25, 0.3) is 0 Å². The molecule has 32 heavy (non-hydrogen) atoms. The van der Waals surface area contributed by atoms with E-state index in [-0.39, 0.29) is 12.1 Å². The van der Waals surface area contributed by atoms with Crippen LogP contribution in [0.2, 0.25) is 0 Å². The Kier molecular flexibility index (Phi) is 5.15. The molecule has 160 valence electrons. The molecule has 1 aromatic heterocycles. The lowest BCUT2D eigenvalue weighted by Crippen LogP contribution is -2.37. The van der Waals surface area contributed by atoms with Crippen LogP contribution in [0, 0.1) is 6.92 Å². The van der Waals surface area contributed by atoms with Crippen LogP contribution in [0.3, 0.4) is 0 Å². The Morgan fingerprint density at radius 1 is 0.969 bits per heavy atom. The monoisotopic (exact) mass is 423 g/mol. The van der Waals surface area contributed by atoms with Gasteiger partial charge >= 0.3 is 6.03 Å². The minimum atomic E-state index is -0.256. The average Bonchev–Trinajstić information content (AvgIpc) is 3.23. The summed E-state index contributed by atoms with van der Waals surface area (Å²) in [6.45, 7) is 2.51. The van der Waals surface area contributed by atoms with Gasteiger partial charge in [-0.05, 0) is 66.1 Å². The van der Waals surface area contributed by atoms with E-state index < -0.39 is 0 Å². The molecule has 5 heteroatoms. The van der Waals surface area contributed by atoms with Crippen LogP contribution in [0.1, 0.15) is 28.4 Å². The molecule has 4 aromatic rings. The lowest BCUT2D eigenvalue weighted by atomic mass is 10.0. The number of hydrogen-bond acceptors (Lipinski definition) is 2. The van der Waals surface area contributed by atoms with Crippen LogP contribution in [0.15, 0.2) is 91.1 Å². The van der Waals surface area contributed by atoms with Gasteiger partial charge in [-0.25, -0.2) is 4.79 Å². The van der Waals surface area contributed by atoms with E-state index in [2.05, 4.69) is 34.3 Å². The van der Waals surface area contributed by atoms with Crippen LogP contribution < -0.4 is 10.1 Å². The summed E-state index contributed by atoms with van der Waals surface area (Å²) in [7, 11) is 1.66. The fraction of sp³-hybridized carbons (Fsp3) is 0.148. The molecular weight excluding hydrogens is 398 g/mol. The number of nitrogens with one attached hydrogen (secondary N) is 1. The quantitative estimate of drug-likeness (QED) is 0.444. The number of para-hydroxylation sites is 1. The summed E-state index contributed by atoms with van der Waals surface area (Å²) >= 11 is 0. The number of aromatic nitrogens is 1. The average molecular weight is 424 g/mol. The molecular formula is C27H25N3O2.